The minimum atomic E-state index is -3.03. The van der Waals surface area contributed by atoms with Crippen LogP contribution in [0.4, 0.5) is 8.78 Å². The first-order chi connectivity index (χ1) is 9.86. The van der Waals surface area contributed by atoms with Crippen LogP contribution in [-0.4, -0.2) is 41.0 Å². The van der Waals surface area contributed by atoms with Crippen molar-refractivity contribution in [3.05, 3.63) is 29.8 Å². The second-order valence-corrected chi connectivity index (χ2v) is 4.49. The molecule has 1 aromatic rings. The van der Waals surface area contributed by atoms with E-state index in [9.17, 15) is 13.6 Å². The molecule has 0 aliphatic rings. The fraction of sp³-hybridized carbons (Fsp3) is 0.385. The highest BCUT2D eigenvalue weighted by Crippen LogP contribution is 2.22. The van der Waals surface area contributed by atoms with Crippen molar-refractivity contribution in [2.45, 2.75) is 26.5 Å². The van der Waals surface area contributed by atoms with Crippen LogP contribution < -0.4 is 10.5 Å². The van der Waals surface area contributed by atoms with Crippen LogP contribution >= 0.6 is 0 Å². The fourth-order valence-electron chi connectivity index (χ4n) is 1.69. The third kappa shape index (κ3) is 4.59. The van der Waals surface area contributed by atoms with Gasteiger partial charge in [0.15, 0.2) is 5.84 Å². The highest BCUT2D eigenvalue weighted by Gasteiger charge is 2.23. The zero-order valence-corrected chi connectivity index (χ0v) is 11.7. The lowest BCUT2D eigenvalue weighted by Crippen LogP contribution is -2.43. The highest BCUT2D eigenvalue weighted by atomic mass is 19.3. The average molecular weight is 301 g/mol. The Labute approximate surface area is 120 Å². The maximum atomic E-state index is 12.4. The first kappa shape index (κ1) is 16.7. The van der Waals surface area contributed by atoms with Gasteiger partial charge in [0.25, 0.3) is 5.91 Å². The summed E-state index contributed by atoms with van der Waals surface area (Å²) in [4.78, 5) is 13.7. The number of hydrogen-bond donors (Lipinski definition) is 2. The molecule has 0 aliphatic heterocycles. The number of alkyl halides is 2. The van der Waals surface area contributed by atoms with E-state index in [0.717, 1.165) is 0 Å². The van der Waals surface area contributed by atoms with Gasteiger partial charge in [-0.2, -0.15) is 8.78 Å². The number of para-hydroxylation sites is 1. The molecule has 0 aliphatic carbocycles. The van der Waals surface area contributed by atoms with Gasteiger partial charge in [-0.1, -0.05) is 17.3 Å². The standard InChI is InChI=1S/C13H17F2N3O3/c1-8(2)18(7-11(16)17-20)12(19)9-5-3-4-6-10(9)21-13(14)15/h3-6,8,13,20H,7H2,1-2H3,(H2,16,17). The average Bonchev–Trinajstić information content (AvgIpc) is 2.43. The van der Waals surface area contributed by atoms with E-state index in [1.807, 2.05) is 0 Å². The topological polar surface area (TPSA) is 88.1 Å². The van der Waals surface area contributed by atoms with Crippen LogP contribution in [0.2, 0.25) is 0 Å². The molecule has 0 heterocycles. The number of benzene rings is 1. The van der Waals surface area contributed by atoms with Gasteiger partial charge in [-0.25, -0.2) is 0 Å². The predicted molar refractivity (Wildman–Crippen MR) is 72.7 cm³/mol. The van der Waals surface area contributed by atoms with Gasteiger partial charge in [0, 0.05) is 6.04 Å². The van der Waals surface area contributed by atoms with Crippen molar-refractivity contribution in [3.8, 4) is 5.75 Å². The highest BCUT2D eigenvalue weighted by molar-refractivity contribution is 5.99. The summed E-state index contributed by atoms with van der Waals surface area (Å²) in [6.07, 6.45) is 0. The molecule has 116 valence electrons. The van der Waals surface area contributed by atoms with Crippen molar-refractivity contribution in [2.24, 2.45) is 10.9 Å². The number of carbonyl (C=O) groups excluding carboxylic acids is 1. The van der Waals surface area contributed by atoms with E-state index in [1.54, 1.807) is 13.8 Å². The second kappa shape index (κ2) is 7.41. The number of ether oxygens (including phenoxy) is 1. The van der Waals surface area contributed by atoms with E-state index >= 15 is 0 Å². The van der Waals surface area contributed by atoms with E-state index in [-0.39, 0.29) is 29.7 Å². The van der Waals surface area contributed by atoms with Crippen molar-refractivity contribution in [3.63, 3.8) is 0 Å². The second-order valence-electron chi connectivity index (χ2n) is 4.49. The molecular formula is C13H17F2N3O3. The number of hydrogen-bond acceptors (Lipinski definition) is 4. The monoisotopic (exact) mass is 301 g/mol. The van der Waals surface area contributed by atoms with Gasteiger partial charge in [-0.3, -0.25) is 4.79 Å². The summed E-state index contributed by atoms with van der Waals surface area (Å²) in [5.41, 5.74) is 5.38. The molecule has 0 fully saturated rings. The zero-order chi connectivity index (χ0) is 16.0. The molecule has 0 saturated heterocycles. The van der Waals surface area contributed by atoms with Crippen LogP contribution in [0, 0.1) is 0 Å². The van der Waals surface area contributed by atoms with E-state index in [1.165, 1.54) is 29.2 Å². The third-order valence-corrected chi connectivity index (χ3v) is 2.68. The lowest BCUT2D eigenvalue weighted by atomic mass is 10.1. The summed E-state index contributed by atoms with van der Waals surface area (Å²) in [7, 11) is 0. The van der Waals surface area contributed by atoms with Crippen LogP contribution in [0.1, 0.15) is 24.2 Å². The predicted octanol–water partition coefficient (Wildman–Crippen LogP) is 1.88. The first-order valence-electron chi connectivity index (χ1n) is 6.18. The number of amides is 1. The molecule has 0 aromatic heterocycles. The van der Waals surface area contributed by atoms with E-state index in [4.69, 9.17) is 10.9 Å². The number of halogens is 2. The molecule has 3 N–H and O–H groups in total. The molecule has 0 spiro atoms. The minimum Gasteiger partial charge on any atom is -0.434 e. The number of nitrogens with two attached hydrogens (primary N) is 1. The van der Waals surface area contributed by atoms with Gasteiger partial charge in [0.05, 0.1) is 12.1 Å². The molecule has 1 amide bonds. The smallest absolute Gasteiger partial charge is 0.387 e. The largest absolute Gasteiger partial charge is 0.434 e. The molecule has 0 radical (unpaired) electrons. The SMILES string of the molecule is CC(C)N(CC(N)=NO)C(=O)c1ccccc1OC(F)F. The Hall–Kier alpha value is -2.38. The molecule has 0 atom stereocenters. The molecule has 0 bridgehead atoms. The third-order valence-electron chi connectivity index (χ3n) is 2.68. The zero-order valence-electron chi connectivity index (χ0n) is 11.7. The number of carbonyl (C=O) groups is 1. The maximum absolute atomic E-state index is 12.4. The van der Waals surface area contributed by atoms with Crippen molar-refractivity contribution in [2.75, 3.05) is 6.54 Å². The van der Waals surface area contributed by atoms with E-state index in [0.29, 0.717) is 0 Å². The summed E-state index contributed by atoms with van der Waals surface area (Å²) in [6.45, 7) is 0.282. The van der Waals surface area contributed by atoms with E-state index < -0.39 is 12.5 Å². The fourth-order valence-corrected chi connectivity index (χ4v) is 1.69. The number of amidine groups is 1. The molecule has 6 nitrogen and oxygen atoms in total. The first-order valence-corrected chi connectivity index (χ1v) is 6.18. The normalized spacial score (nSPS) is 11.8. The molecule has 21 heavy (non-hydrogen) atoms. The summed E-state index contributed by atoms with van der Waals surface area (Å²) >= 11 is 0. The lowest BCUT2D eigenvalue weighted by Gasteiger charge is -2.26. The Morgan fingerprint density at radius 1 is 1.43 bits per heavy atom. The molecule has 8 heteroatoms. The van der Waals surface area contributed by atoms with Crippen LogP contribution in [0.25, 0.3) is 0 Å². The molecule has 1 rings (SSSR count). The van der Waals surface area contributed by atoms with E-state index in [2.05, 4.69) is 9.89 Å². The quantitative estimate of drug-likeness (QED) is 0.363. The van der Waals surface area contributed by atoms with Gasteiger partial charge in [-0.05, 0) is 26.0 Å². The number of oxime groups is 1. The van der Waals surface area contributed by atoms with Crippen molar-refractivity contribution >= 4 is 11.7 Å². The summed E-state index contributed by atoms with van der Waals surface area (Å²) in [5.74, 6) is -0.931. The van der Waals surface area contributed by atoms with Gasteiger partial charge >= 0.3 is 6.61 Å². The molecule has 0 unspecified atom stereocenters. The summed E-state index contributed by atoms with van der Waals surface area (Å²) in [6, 6.07) is 5.39. The Bertz CT molecular complexity index is 521. The van der Waals surface area contributed by atoms with Gasteiger partial charge in [-0.15, -0.1) is 0 Å². The molecule has 0 saturated carbocycles. The van der Waals surface area contributed by atoms with Crippen molar-refractivity contribution in [1.29, 1.82) is 0 Å². The van der Waals surface area contributed by atoms with Crippen molar-refractivity contribution in [1.82, 2.24) is 4.90 Å². The van der Waals surface area contributed by atoms with Crippen LogP contribution in [0.15, 0.2) is 29.4 Å². The van der Waals surface area contributed by atoms with Crippen LogP contribution in [0.3, 0.4) is 0 Å². The summed E-state index contributed by atoms with van der Waals surface area (Å²) in [5, 5.41) is 11.4. The Kier molecular flexibility index (Phi) is 5.89. The number of nitrogens with zero attached hydrogens (tertiary/aromatic N) is 2. The summed E-state index contributed by atoms with van der Waals surface area (Å²) < 4.78 is 29.1. The van der Waals surface area contributed by atoms with Gasteiger partial charge in [0.2, 0.25) is 0 Å². The maximum Gasteiger partial charge on any atom is 0.387 e. The van der Waals surface area contributed by atoms with Crippen LogP contribution in [0.5, 0.6) is 5.75 Å². The molecular weight excluding hydrogens is 284 g/mol. The lowest BCUT2D eigenvalue weighted by molar-refractivity contribution is -0.0502. The minimum absolute atomic E-state index is 0.0164. The van der Waals surface area contributed by atoms with Gasteiger partial charge in [0.1, 0.15) is 5.75 Å². The van der Waals surface area contributed by atoms with Crippen LogP contribution in [-0.2, 0) is 0 Å². The van der Waals surface area contributed by atoms with Gasteiger partial charge < -0.3 is 20.6 Å². The van der Waals surface area contributed by atoms with Crippen molar-refractivity contribution < 1.29 is 23.5 Å². The molecule has 1 aromatic carbocycles. The Balaban J connectivity index is 3.09. The number of rotatable bonds is 6. The Morgan fingerprint density at radius 3 is 2.57 bits per heavy atom. The Morgan fingerprint density at radius 2 is 2.05 bits per heavy atom.